The van der Waals surface area contributed by atoms with Crippen LogP contribution < -0.4 is 9.64 Å². The van der Waals surface area contributed by atoms with Crippen molar-refractivity contribution in [2.24, 2.45) is 0 Å². The standard InChI is InChI=1S/C23H30ClNO5S/c1-4-7-13-25(14-8-5-2)20-15-17(23(26)27)16-21(31(28,29)6-3)22(20)30-19-11-9-18(24)10-12-19/h9-12,15-16H,4-8,13-14H2,1-3H3,(H,26,27). The molecule has 0 saturated heterocycles. The second-order valence-electron chi connectivity index (χ2n) is 7.28. The minimum atomic E-state index is -3.75. The Balaban J connectivity index is 2.75. The van der Waals surface area contributed by atoms with Crippen molar-refractivity contribution in [3.8, 4) is 11.5 Å². The number of aromatic carboxylic acids is 1. The number of ether oxygens (including phenoxy) is 1. The highest BCUT2D eigenvalue weighted by Gasteiger charge is 2.27. The van der Waals surface area contributed by atoms with Gasteiger partial charge in [0, 0.05) is 18.1 Å². The molecule has 2 rings (SSSR count). The average molecular weight is 468 g/mol. The fraction of sp³-hybridized carbons (Fsp3) is 0.435. The minimum absolute atomic E-state index is 0.0801. The lowest BCUT2D eigenvalue weighted by Crippen LogP contribution is -2.27. The summed E-state index contributed by atoms with van der Waals surface area (Å²) in [7, 11) is -3.75. The van der Waals surface area contributed by atoms with E-state index in [4.69, 9.17) is 16.3 Å². The van der Waals surface area contributed by atoms with Gasteiger partial charge in [0.1, 0.15) is 10.6 Å². The number of carboxylic acids is 1. The molecule has 0 aromatic heterocycles. The molecule has 0 radical (unpaired) electrons. The quantitative estimate of drug-likeness (QED) is 0.410. The first-order valence-corrected chi connectivity index (χ1v) is 12.6. The molecular formula is C23H30ClNO5S. The molecule has 6 nitrogen and oxygen atoms in total. The molecule has 0 unspecified atom stereocenters. The second kappa shape index (κ2) is 11.4. The molecule has 0 fully saturated rings. The Kier molecular flexibility index (Phi) is 9.19. The molecule has 2 aromatic carbocycles. The van der Waals surface area contributed by atoms with Crippen LogP contribution in [0.2, 0.25) is 5.02 Å². The van der Waals surface area contributed by atoms with Gasteiger partial charge in [0.2, 0.25) is 0 Å². The molecule has 1 N–H and O–H groups in total. The Morgan fingerprint density at radius 2 is 1.61 bits per heavy atom. The van der Waals surface area contributed by atoms with Gasteiger partial charge < -0.3 is 14.7 Å². The third-order valence-corrected chi connectivity index (χ3v) is 6.92. The van der Waals surface area contributed by atoms with Gasteiger partial charge in [-0.2, -0.15) is 0 Å². The molecule has 0 aliphatic heterocycles. The summed E-state index contributed by atoms with van der Waals surface area (Å²) in [6.45, 7) is 7.01. The number of rotatable bonds is 12. The van der Waals surface area contributed by atoms with Crippen LogP contribution in [0, 0.1) is 0 Å². The lowest BCUT2D eigenvalue weighted by Gasteiger charge is -2.28. The van der Waals surface area contributed by atoms with Crippen molar-refractivity contribution >= 4 is 33.1 Å². The molecule has 0 bridgehead atoms. The van der Waals surface area contributed by atoms with Gasteiger partial charge in [-0.05, 0) is 49.2 Å². The first-order chi connectivity index (χ1) is 14.7. The van der Waals surface area contributed by atoms with Crippen molar-refractivity contribution < 1.29 is 23.1 Å². The normalized spacial score (nSPS) is 11.4. The van der Waals surface area contributed by atoms with Gasteiger partial charge in [0.15, 0.2) is 15.6 Å². The molecule has 0 saturated carbocycles. The lowest BCUT2D eigenvalue weighted by molar-refractivity contribution is 0.0696. The van der Waals surface area contributed by atoms with Gasteiger partial charge in [-0.25, -0.2) is 13.2 Å². The van der Waals surface area contributed by atoms with Crippen LogP contribution in [0.1, 0.15) is 56.8 Å². The smallest absolute Gasteiger partial charge is 0.335 e. The minimum Gasteiger partial charge on any atom is -0.478 e. The fourth-order valence-corrected chi connectivity index (χ4v) is 4.28. The Morgan fingerprint density at radius 1 is 1.03 bits per heavy atom. The van der Waals surface area contributed by atoms with Crippen LogP contribution in [0.4, 0.5) is 5.69 Å². The predicted molar refractivity (Wildman–Crippen MR) is 125 cm³/mol. The molecule has 0 heterocycles. The monoisotopic (exact) mass is 467 g/mol. The van der Waals surface area contributed by atoms with Gasteiger partial charge in [0.05, 0.1) is 17.0 Å². The third kappa shape index (κ3) is 6.61. The summed E-state index contributed by atoms with van der Waals surface area (Å²) in [5.41, 5.74) is 0.396. The van der Waals surface area contributed by atoms with Gasteiger partial charge >= 0.3 is 5.97 Å². The van der Waals surface area contributed by atoms with Gasteiger partial charge in [0.25, 0.3) is 0 Å². The topological polar surface area (TPSA) is 83.9 Å². The number of sulfone groups is 1. The molecule has 0 atom stereocenters. The predicted octanol–water partition coefficient (Wildman–Crippen LogP) is 6.03. The third-order valence-electron chi connectivity index (χ3n) is 4.93. The number of carbonyl (C=O) groups is 1. The van der Waals surface area contributed by atoms with Crippen LogP contribution in [0.5, 0.6) is 11.5 Å². The first kappa shape index (κ1) is 25.0. The van der Waals surface area contributed by atoms with E-state index in [2.05, 4.69) is 13.8 Å². The van der Waals surface area contributed by atoms with E-state index in [0.717, 1.165) is 25.7 Å². The van der Waals surface area contributed by atoms with E-state index in [1.807, 2.05) is 4.90 Å². The zero-order chi connectivity index (χ0) is 23.0. The molecule has 0 aliphatic rings. The molecule has 31 heavy (non-hydrogen) atoms. The summed E-state index contributed by atoms with van der Waals surface area (Å²) < 4.78 is 31.9. The number of halogens is 1. The average Bonchev–Trinajstić information content (AvgIpc) is 2.75. The number of hydrogen-bond donors (Lipinski definition) is 1. The number of unbranched alkanes of at least 4 members (excludes halogenated alkanes) is 2. The summed E-state index contributed by atoms with van der Waals surface area (Å²) >= 11 is 5.97. The van der Waals surface area contributed by atoms with Gasteiger partial charge in [-0.1, -0.05) is 45.2 Å². The van der Waals surface area contributed by atoms with Crippen molar-refractivity contribution in [2.75, 3.05) is 23.7 Å². The maximum atomic E-state index is 12.9. The van der Waals surface area contributed by atoms with Crippen molar-refractivity contribution in [1.82, 2.24) is 0 Å². The molecule has 170 valence electrons. The Hall–Kier alpha value is -2.25. The number of anilines is 1. The van der Waals surface area contributed by atoms with E-state index in [-0.39, 0.29) is 22.0 Å². The van der Waals surface area contributed by atoms with E-state index in [9.17, 15) is 18.3 Å². The van der Waals surface area contributed by atoms with Crippen molar-refractivity contribution in [1.29, 1.82) is 0 Å². The fourth-order valence-electron chi connectivity index (χ4n) is 3.11. The lowest BCUT2D eigenvalue weighted by atomic mass is 10.1. The van der Waals surface area contributed by atoms with Gasteiger partial charge in [-0.3, -0.25) is 0 Å². The van der Waals surface area contributed by atoms with E-state index in [0.29, 0.717) is 29.5 Å². The maximum absolute atomic E-state index is 12.9. The summed E-state index contributed by atoms with van der Waals surface area (Å²) in [4.78, 5) is 13.7. The number of nitrogens with zero attached hydrogens (tertiary/aromatic N) is 1. The summed E-state index contributed by atoms with van der Waals surface area (Å²) in [5, 5.41) is 10.2. The van der Waals surface area contributed by atoms with E-state index in [1.165, 1.54) is 19.1 Å². The van der Waals surface area contributed by atoms with Crippen LogP contribution in [0.3, 0.4) is 0 Å². The number of hydrogen-bond acceptors (Lipinski definition) is 5. The summed E-state index contributed by atoms with van der Waals surface area (Å²) in [6.07, 6.45) is 3.68. The van der Waals surface area contributed by atoms with Crippen LogP contribution in [-0.2, 0) is 9.84 Å². The van der Waals surface area contributed by atoms with Crippen molar-refractivity contribution in [3.05, 3.63) is 47.0 Å². The summed E-state index contributed by atoms with van der Waals surface area (Å²) in [5.74, 6) is -0.775. The zero-order valence-electron chi connectivity index (χ0n) is 18.2. The highest BCUT2D eigenvalue weighted by atomic mass is 35.5. The number of carboxylic acid groups (broad SMARTS) is 1. The van der Waals surface area contributed by atoms with Crippen LogP contribution in [-0.4, -0.2) is 38.3 Å². The van der Waals surface area contributed by atoms with E-state index >= 15 is 0 Å². The highest BCUT2D eigenvalue weighted by molar-refractivity contribution is 7.91. The van der Waals surface area contributed by atoms with Crippen LogP contribution in [0.25, 0.3) is 0 Å². The van der Waals surface area contributed by atoms with Crippen molar-refractivity contribution in [3.63, 3.8) is 0 Å². The second-order valence-corrected chi connectivity index (χ2v) is 9.96. The molecule has 0 aliphatic carbocycles. The first-order valence-electron chi connectivity index (χ1n) is 10.6. The van der Waals surface area contributed by atoms with Crippen LogP contribution in [0.15, 0.2) is 41.3 Å². The molecule has 0 spiro atoms. The molecule has 2 aromatic rings. The van der Waals surface area contributed by atoms with E-state index < -0.39 is 15.8 Å². The van der Waals surface area contributed by atoms with Gasteiger partial charge in [-0.15, -0.1) is 0 Å². The zero-order valence-corrected chi connectivity index (χ0v) is 19.8. The SMILES string of the molecule is CCCCN(CCCC)c1cc(C(=O)O)cc(S(=O)(=O)CC)c1Oc1ccc(Cl)cc1. The largest absolute Gasteiger partial charge is 0.478 e. The summed E-state index contributed by atoms with van der Waals surface area (Å²) in [6, 6.07) is 9.32. The Bertz CT molecular complexity index is 982. The Labute approximate surface area is 189 Å². The highest BCUT2D eigenvalue weighted by Crippen LogP contribution is 2.40. The molecule has 8 heteroatoms. The van der Waals surface area contributed by atoms with E-state index in [1.54, 1.807) is 24.3 Å². The van der Waals surface area contributed by atoms with Crippen molar-refractivity contribution in [2.45, 2.75) is 51.3 Å². The van der Waals surface area contributed by atoms with Crippen LogP contribution >= 0.6 is 11.6 Å². The number of benzene rings is 2. The molecule has 0 amide bonds. The Morgan fingerprint density at radius 3 is 2.10 bits per heavy atom. The molecular weight excluding hydrogens is 438 g/mol. The maximum Gasteiger partial charge on any atom is 0.335 e.